The molecule has 0 aliphatic carbocycles. The molecule has 0 amide bonds. The summed E-state index contributed by atoms with van der Waals surface area (Å²) in [6.45, 7) is 0. The minimum absolute atomic E-state index is 0. The molecule has 0 rings (SSSR count). The van der Waals surface area contributed by atoms with Gasteiger partial charge in [0, 0.05) is 62.5 Å². The van der Waals surface area contributed by atoms with Crippen LogP contribution in [0.4, 0.5) is 0 Å². The van der Waals surface area contributed by atoms with Crippen LogP contribution < -0.4 is 0 Å². The molecular formula is AlCuMnSi. The summed E-state index contributed by atoms with van der Waals surface area (Å²) in [4.78, 5) is 0. The van der Waals surface area contributed by atoms with E-state index in [2.05, 4.69) is 0 Å². The molecule has 4 heteroatoms. The second kappa shape index (κ2) is 21.5. The molecule has 0 bridgehead atoms. The first-order chi connectivity index (χ1) is 0. The van der Waals surface area contributed by atoms with Crippen molar-refractivity contribution in [3.63, 3.8) is 0 Å². The Kier molecular flexibility index (Phi) is 223. The molecule has 0 aromatic carbocycles. The third-order valence-electron chi connectivity index (χ3n) is 0. The van der Waals surface area contributed by atoms with Crippen LogP contribution in [0.25, 0.3) is 0 Å². The Labute approximate surface area is 62.2 Å². The fourth-order valence-electron chi connectivity index (χ4n) is 0. The predicted octanol–water partition coefficient (Wildman–Crippen LogP) is -0.767. The Morgan fingerprint density at radius 2 is 1.00 bits per heavy atom. The molecule has 25 valence electrons. The number of hydrogen-bond acceptors (Lipinski definition) is 0. The van der Waals surface area contributed by atoms with E-state index in [-0.39, 0.29) is 62.5 Å². The van der Waals surface area contributed by atoms with Gasteiger partial charge in [-0.15, -0.1) is 0 Å². The molecule has 0 saturated carbocycles. The second-order valence-corrected chi connectivity index (χ2v) is 0. The maximum absolute atomic E-state index is 0. The summed E-state index contributed by atoms with van der Waals surface area (Å²) in [6.07, 6.45) is 0. The summed E-state index contributed by atoms with van der Waals surface area (Å²) < 4.78 is 0. The van der Waals surface area contributed by atoms with Gasteiger partial charge in [0.2, 0.25) is 0 Å². The topological polar surface area (TPSA) is 0 Å². The summed E-state index contributed by atoms with van der Waals surface area (Å²) >= 11 is 0. The van der Waals surface area contributed by atoms with Crippen LogP contribution >= 0.6 is 0 Å². The summed E-state index contributed by atoms with van der Waals surface area (Å²) in [5, 5.41) is 0. The van der Waals surface area contributed by atoms with E-state index in [0.717, 1.165) is 0 Å². The van der Waals surface area contributed by atoms with Crippen LogP contribution in [0.1, 0.15) is 0 Å². The predicted molar refractivity (Wildman–Crippen MR) is 11.5 cm³/mol. The summed E-state index contributed by atoms with van der Waals surface area (Å²) in [5.41, 5.74) is 0. The van der Waals surface area contributed by atoms with Crippen molar-refractivity contribution in [1.29, 1.82) is 0 Å². The van der Waals surface area contributed by atoms with Crippen molar-refractivity contribution in [1.82, 2.24) is 0 Å². The van der Waals surface area contributed by atoms with E-state index in [9.17, 15) is 0 Å². The quantitative estimate of drug-likeness (QED) is 0.422. The van der Waals surface area contributed by atoms with E-state index in [1.165, 1.54) is 0 Å². The largest absolute Gasteiger partial charge is 0 e. The monoisotopic (exact) mass is 173 g/mol. The van der Waals surface area contributed by atoms with E-state index in [0.29, 0.717) is 0 Å². The fourth-order valence-corrected chi connectivity index (χ4v) is 0. The van der Waals surface area contributed by atoms with Crippen molar-refractivity contribution >= 4 is 28.3 Å². The zero-order chi connectivity index (χ0) is 0. The van der Waals surface area contributed by atoms with Gasteiger partial charge in [-0.3, -0.25) is 0 Å². The van der Waals surface area contributed by atoms with Crippen molar-refractivity contribution in [2.45, 2.75) is 0 Å². The Morgan fingerprint density at radius 1 is 1.00 bits per heavy atom. The summed E-state index contributed by atoms with van der Waals surface area (Å²) in [7, 11) is 0. The van der Waals surface area contributed by atoms with Gasteiger partial charge in [-0.2, -0.15) is 0 Å². The van der Waals surface area contributed by atoms with Gasteiger partial charge in [0.15, 0.2) is 0 Å². The van der Waals surface area contributed by atoms with Crippen molar-refractivity contribution in [2.75, 3.05) is 0 Å². The zero-order valence-electron chi connectivity index (χ0n) is 1.76. The summed E-state index contributed by atoms with van der Waals surface area (Å²) in [5.74, 6) is 0. The maximum Gasteiger partial charge on any atom is 0 e. The molecule has 0 fully saturated rings. The summed E-state index contributed by atoms with van der Waals surface area (Å²) in [6, 6.07) is 0. The van der Waals surface area contributed by atoms with Crippen LogP contribution in [0.2, 0.25) is 0 Å². The molecule has 0 aliphatic rings. The van der Waals surface area contributed by atoms with Crippen LogP contribution in [0.5, 0.6) is 0 Å². The van der Waals surface area contributed by atoms with Gasteiger partial charge >= 0.3 is 0 Å². The molecule has 0 aromatic rings. The van der Waals surface area contributed by atoms with E-state index in [1.807, 2.05) is 0 Å². The molecule has 0 aromatic heterocycles. The first kappa shape index (κ1) is 41.5. The average molecular weight is 174 g/mol. The number of rotatable bonds is 0. The Balaban J connectivity index is 0. The Morgan fingerprint density at radius 3 is 1.00 bits per heavy atom. The molecule has 0 saturated heterocycles. The molecule has 0 unspecified atom stereocenters. The van der Waals surface area contributed by atoms with Crippen LogP contribution in [0, 0.1) is 0 Å². The average Bonchev–Trinajstić information content (AvgIpc) is 0. The first-order valence-corrected chi connectivity index (χ1v) is 0. The molecule has 0 aliphatic heterocycles. The van der Waals surface area contributed by atoms with Gasteiger partial charge in [0.25, 0.3) is 0 Å². The minimum Gasteiger partial charge on any atom is 0 e. The van der Waals surface area contributed by atoms with E-state index >= 15 is 0 Å². The van der Waals surface area contributed by atoms with Gasteiger partial charge in [0.05, 0.1) is 0 Å². The standard InChI is InChI=1S/Al.Cu.Mn.Si. The number of hydrogen-bond donors (Lipinski definition) is 0. The van der Waals surface area contributed by atoms with Crippen molar-refractivity contribution in [2.24, 2.45) is 0 Å². The van der Waals surface area contributed by atoms with Crippen molar-refractivity contribution < 1.29 is 34.1 Å². The van der Waals surface area contributed by atoms with Crippen LogP contribution in [0.3, 0.4) is 0 Å². The van der Waals surface area contributed by atoms with Gasteiger partial charge in [-0.1, -0.05) is 0 Å². The molecule has 0 N–H and O–H groups in total. The van der Waals surface area contributed by atoms with E-state index in [4.69, 9.17) is 0 Å². The van der Waals surface area contributed by atoms with Gasteiger partial charge < -0.3 is 0 Å². The van der Waals surface area contributed by atoms with E-state index in [1.54, 1.807) is 0 Å². The van der Waals surface area contributed by atoms with E-state index < -0.39 is 0 Å². The second-order valence-electron chi connectivity index (χ2n) is 0. The molecular weight excluding hydrogens is 174 g/mol. The molecule has 0 heterocycles. The van der Waals surface area contributed by atoms with Gasteiger partial charge in [-0.05, 0) is 0 Å². The van der Waals surface area contributed by atoms with Crippen LogP contribution in [-0.2, 0) is 34.1 Å². The fraction of sp³-hybridized carbons (Fsp3) is 0. The third kappa shape index (κ3) is 9.21. The maximum atomic E-state index is 0. The Hall–Kier alpha value is 1.79. The molecule has 9 radical (unpaired) electrons. The van der Waals surface area contributed by atoms with Gasteiger partial charge in [-0.25, -0.2) is 0 Å². The molecule has 4 heavy (non-hydrogen) atoms. The molecule has 0 atom stereocenters. The van der Waals surface area contributed by atoms with Crippen LogP contribution in [-0.4, -0.2) is 28.3 Å². The third-order valence-corrected chi connectivity index (χ3v) is 0. The van der Waals surface area contributed by atoms with Crippen molar-refractivity contribution in [3.8, 4) is 0 Å². The van der Waals surface area contributed by atoms with Crippen LogP contribution in [0.15, 0.2) is 0 Å². The zero-order valence-corrected chi connectivity index (χ0v) is 6.03. The smallest absolute Gasteiger partial charge is 0 e. The SMILES string of the molecule is [Al].[Cu].[Mn].[Si]. The van der Waals surface area contributed by atoms with Gasteiger partial charge in [0.1, 0.15) is 0 Å². The minimum atomic E-state index is 0. The molecule has 0 nitrogen and oxygen atoms in total. The molecule has 0 spiro atoms. The van der Waals surface area contributed by atoms with Crippen molar-refractivity contribution in [3.05, 3.63) is 0 Å². The Bertz CT molecular complexity index is 8.00. The normalized spacial score (nSPS) is 0. The first-order valence-electron chi connectivity index (χ1n) is 0.